The van der Waals surface area contributed by atoms with Gasteiger partial charge in [0, 0.05) is 109 Å². The van der Waals surface area contributed by atoms with Crippen molar-refractivity contribution in [2.45, 2.75) is 193 Å². The number of carbonyl (C=O) groups excluding carboxylic acids is 10. The van der Waals surface area contributed by atoms with Gasteiger partial charge >= 0.3 is 30.2 Å². The number of nitrogens with one attached hydrogen (secondary N) is 4. The summed E-state index contributed by atoms with van der Waals surface area (Å²) in [4.78, 5) is 135. The average Bonchev–Trinajstić information content (AvgIpc) is 1.73. The minimum atomic E-state index is -1.46. The number of amides is 9. The third-order valence-electron chi connectivity index (χ3n) is 17.0. The number of primary amides is 1. The fourth-order valence-electron chi connectivity index (χ4n) is 11.2. The predicted molar refractivity (Wildman–Crippen MR) is 342 cm³/mol. The number of hydrogen-bond donors (Lipinski definition) is 8. The fraction of sp³-hybridized carbons (Fsp3) is 0.636. The minimum Gasteiger partial charge on any atom is -0.457 e. The van der Waals surface area contributed by atoms with Crippen molar-refractivity contribution in [3.8, 4) is 5.75 Å². The number of nitrogens with two attached hydrogens (primary N) is 1. The molecule has 1 aromatic rings. The topological polar surface area (TPSA) is 368 Å². The van der Waals surface area contributed by atoms with Gasteiger partial charge in [0.25, 0.3) is 11.8 Å². The number of rotatable bonds is 30. The van der Waals surface area contributed by atoms with Crippen LogP contribution in [0.5, 0.6) is 5.75 Å². The van der Waals surface area contributed by atoms with Gasteiger partial charge < -0.3 is 75.8 Å². The minimum absolute atomic E-state index is 0.000947. The third kappa shape index (κ3) is 24.9. The molecule has 4 aliphatic heterocycles. The number of urea groups is 1. The van der Waals surface area contributed by atoms with Crippen molar-refractivity contribution < 1.29 is 86.9 Å². The molecular formula is C66H99N9O18. The van der Waals surface area contributed by atoms with Gasteiger partial charge in [0.15, 0.2) is 6.10 Å². The molecule has 9 amide bonds. The molecule has 93 heavy (non-hydrogen) atoms. The number of ether oxygens (including phenoxy) is 5. The van der Waals surface area contributed by atoms with E-state index in [-0.39, 0.29) is 119 Å². The normalized spacial score (nSPS) is 24.1. The molecule has 0 saturated carbocycles. The maximum atomic E-state index is 14.0. The molecule has 2 fully saturated rings. The van der Waals surface area contributed by atoms with Gasteiger partial charge in [-0.3, -0.25) is 43.4 Å². The van der Waals surface area contributed by atoms with Crippen LogP contribution in [-0.2, 0) is 52.5 Å². The number of unbranched alkanes of at least 4 members (excludes halogenated alkanes) is 2. The number of epoxide rings is 1. The second-order valence-electron chi connectivity index (χ2n) is 25.5. The number of allylic oxidation sites excluding steroid dienone is 2. The Balaban J connectivity index is 1.12. The number of cyclic esters (lactones) is 1. The highest BCUT2D eigenvalue weighted by Gasteiger charge is 2.47. The van der Waals surface area contributed by atoms with Crippen molar-refractivity contribution in [1.29, 1.82) is 0 Å². The van der Waals surface area contributed by atoms with Crippen LogP contribution in [0.15, 0.2) is 72.4 Å². The average molecular weight is 1310 g/mol. The van der Waals surface area contributed by atoms with E-state index >= 15 is 0 Å². The number of piperazine rings is 1. The molecule has 0 aromatic heterocycles. The lowest BCUT2D eigenvalue weighted by Gasteiger charge is -2.39. The number of imide groups is 1. The smallest absolute Gasteiger partial charge is 0.415 e. The van der Waals surface area contributed by atoms with E-state index < -0.39 is 95.6 Å². The lowest BCUT2D eigenvalue weighted by atomic mass is 9.88. The molecule has 0 aliphatic carbocycles. The summed E-state index contributed by atoms with van der Waals surface area (Å²) in [7, 11) is 1.58. The van der Waals surface area contributed by atoms with Crippen LogP contribution in [0.2, 0.25) is 0 Å². The molecule has 0 spiro atoms. The molecule has 12 atom stereocenters. The first-order valence-electron chi connectivity index (χ1n) is 32.2. The zero-order valence-electron chi connectivity index (χ0n) is 55.5. The number of esters is 2. The van der Waals surface area contributed by atoms with Crippen LogP contribution >= 0.6 is 0 Å². The summed E-state index contributed by atoms with van der Waals surface area (Å²) < 4.78 is 29.4. The van der Waals surface area contributed by atoms with Crippen LogP contribution in [0.1, 0.15) is 133 Å². The molecule has 1 aromatic carbocycles. The van der Waals surface area contributed by atoms with Gasteiger partial charge in [-0.1, -0.05) is 65.3 Å². The quantitative estimate of drug-likeness (QED) is 0.00997. The van der Waals surface area contributed by atoms with E-state index in [2.05, 4.69) is 26.2 Å². The first-order valence-corrected chi connectivity index (χ1v) is 32.2. The number of aliphatic hydroxyl groups excluding tert-OH is 2. The standard InChI is InChI=1S/C66H99N9O18/c1-11-50(78)44(6)59-51(90-59)40-65(8,88)29-15-17-42(4)58-43(5)20-25-52(66(9,93-45(7)76)30-28-47(77)39-56(82)92-58)91-64(87)74-37-35-73(36-38-74)34-33-72(10)63(86)89-48-23-21-46(22-24-48)69-60(83)49(18-16-31-68-62(67)85)70-61(84)57(41(2)3)71-53(79)19-13-12-14-32-75-54(80)26-27-55(75)81/h15,17,20-27,29,41,43-44,47,49-52,57-59,77-78,88H,11-14,16,18-19,28,30-40H2,1-10H3,(H,69,83)(H,70,84)(H,71,79)(H3,67,68,85)/b25-20?,29-15+,42-17+/t43?,44-,47?,49?,50+,51-,52?,57?,58?,59-,65?,66?/m1/s1. The van der Waals surface area contributed by atoms with Gasteiger partial charge in [-0.15, -0.1) is 0 Å². The van der Waals surface area contributed by atoms with Crippen molar-refractivity contribution in [1.82, 2.24) is 35.6 Å². The van der Waals surface area contributed by atoms with E-state index in [0.717, 1.165) is 4.90 Å². The van der Waals surface area contributed by atoms with Gasteiger partial charge in [0.1, 0.15) is 29.5 Å². The molecule has 4 heterocycles. The van der Waals surface area contributed by atoms with Gasteiger partial charge in [0.05, 0.1) is 36.4 Å². The van der Waals surface area contributed by atoms with Crippen molar-refractivity contribution in [2.24, 2.45) is 23.5 Å². The summed E-state index contributed by atoms with van der Waals surface area (Å²) >= 11 is 0. The maximum absolute atomic E-state index is 14.0. The van der Waals surface area contributed by atoms with Crippen molar-refractivity contribution in [3.05, 3.63) is 72.4 Å². The molecule has 5 rings (SSSR count). The molecule has 4 aliphatic rings. The molecule has 27 heteroatoms. The molecule has 0 radical (unpaired) electrons. The number of anilines is 1. The van der Waals surface area contributed by atoms with Crippen LogP contribution in [0.25, 0.3) is 0 Å². The summed E-state index contributed by atoms with van der Waals surface area (Å²) in [5, 5.41) is 43.2. The number of nitrogens with zero attached hydrogens (tertiary/aromatic N) is 4. The molecule has 2 saturated heterocycles. The number of carbonyl (C=O) groups is 10. The first kappa shape index (κ1) is 76.0. The molecule has 8 unspecified atom stereocenters. The molecule has 516 valence electrons. The van der Waals surface area contributed by atoms with Gasteiger partial charge in [-0.25, -0.2) is 14.4 Å². The molecule has 27 nitrogen and oxygen atoms in total. The number of aliphatic hydroxyl groups is 3. The predicted octanol–water partition coefficient (Wildman–Crippen LogP) is 4.53. The van der Waals surface area contributed by atoms with Gasteiger partial charge in [0.2, 0.25) is 17.7 Å². The van der Waals surface area contributed by atoms with Crippen LogP contribution < -0.4 is 31.7 Å². The second kappa shape index (κ2) is 36.1. The summed E-state index contributed by atoms with van der Waals surface area (Å²) in [5.74, 6) is -4.41. The number of likely N-dealkylation sites (N-methyl/N-ethyl adjacent to an activating group) is 1. The lowest BCUT2D eigenvalue weighted by Crippen LogP contribution is -2.54. The van der Waals surface area contributed by atoms with E-state index in [1.165, 1.54) is 53.1 Å². The van der Waals surface area contributed by atoms with Crippen LogP contribution in [0, 0.1) is 17.8 Å². The van der Waals surface area contributed by atoms with E-state index in [1.807, 2.05) is 20.8 Å². The SMILES string of the molecule is CC[C@H](O)[C@@H](C)[C@H]1O[C@@H]1CC(C)(O)/C=C/C=C(\C)C1OC(=O)CC(O)CCC(C)(OC(C)=O)C(OC(=O)N2CCN(CCN(C)C(=O)Oc3ccc(NC(=O)C(CCCNC(N)=O)NC(=O)C(NC(=O)CCCCCN4C(=O)C=CC4=O)C(C)C)cc3)CC2)C=CC1C. The van der Waals surface area contributed by atoms with Crippen LogP contribution in [0.3, 0.4) is 0 Å². The van der Waals surface area contributed by atoms with Crippen LogP contribution in [-0.4, -0.2) is 214 Å². The van der Waals surface area contributed by atoms with Gasteiger partial charge in [-0.05, 0) is 108 Å². The Bertz CT molecular complexity index is 2850. The Kier molecular flexibility index (Phi) is 29.5. The van der Waals surface area contributed by atoms with Crippen LogP contribution in [0.4, 0.5) is 20.1 Å². The Morgan fingerprint density at radius 1 is 0.925 bits per heavy atom. The largest absolute Gasteiger partial charge is 0.457 e. The van der Waals surface area contributed by atoms with Crippen molar-refractivity contribution in [2.75, 3.05) is 64.7 Å². The highest BCUT2D eigenvalue weighted by atomic mass is 16.6. The van der Waals surface area contributed by atoms with Crippen molar-refractivity contribution in [3.63, 3.8) is 0 Å². The summed E-state index contributed by atoms with van der Waals surface area (Å²) in [6.45, 7) is 17.8. The monoisotopic (exact) mass is 1310 g/mol. The first-order chi connectivity index (χ1) is 43.9. The fourth-order valence-corrected chi connectivity index (χ4v) is 11.2. The Hall–Kier alpha value is -7.72. The Morgan fingerprint density at radius 3 is 2.24 bits per heavy atom. The Morgan fingerprint density at radius 2 is 1.60 bits per heavy atom. The van der Waals surface area contributed by atoms with E-state index in [0.29, 0.717) is 63.0 Å². The molecular weight excluding hydrogens is 1210 g/mol. The third-order valence-corrected chi connectivity index (χ3v) is 17.0. The van der Waals surface area contributed by atoms with E-state index in [9.17, 15) is 63.3 Å². The highest BCUT2D eigenvalue weighted by Crippen LogP contribution is 2.38. The lowest BCUT2D eigenvalue weighted by molar-refractivity contribution is -0.168. The summed E-state index contributed by atoms with van der Waals surface area (Å²) in [6, 6.07) is 3.14. The maximum Gasteiger partial charge on any atom is 0.415 e. The summed E-state index contributed by atoms with van der Waals surface area (Å²) in [6.07, 6.45) is 7.98. The zero-order chi connectivity index (χ0) is 68.7. The highest BCUT2D eigenvalue weighted by molar-refractivity contribution is 6.12. The Labute approximate surface area is 545 Å². The van der Waals surface area contributed by atoms with E-state index in [4.69, 9.17) is 29.4 Å². The molecule has 0 bridgehead atoms. The number of benzene rings is 1. The van der Waals surface area contributed by atoms with Crippen molar-refractivity contribution >= 4 is 65.4 Å². The van der Waals surface area contributed by atoms with Gasteiger partial charge in [-0.2, -0.15) is 0 Å². The molecule has 9 N–H and O–H groups in total. The summed E-state index contributed by atoms with van der Waals surface area (Å²) in [5.41, 5.74) is 3.45. The second-order valence-corrected chi connectivity index (χ2v) is 25.5. The number of hydrogen-bond acceptors (Lipinski definition) is 19. The van der Waals surface area contributed by atoms with E-state index in [1.54, 1.807) is 72.0 Å². The zero-order valence-corrected chi connectivity index (χ0v) is 55.5.